The molecule has 30 heavy (non-hydrogen) atoms. The molecule has 0 bridgehead atoms. The van der Waals surface area contributed by atoms with Crippen LogP contribution in [-0.4, -0.2) is 46.7 Å². The number of nitrogens with zero attached hydrogens (tertiary/aromatic N) is 3. The van der Waals surface area contributed by atoms with Crippen molar-refractivity contribution in [1.29, 1.82) is 5.41 Å². The van der Waals surface area contributed by atoms with Gasteiger partial charge in [0.25, 0.3) is 0 Å². The lowest BCUT2D eigenvalue weighted by Crippen LogP contribution is -2.28. The quantitative estimate of drug-likeness (QED) is 0.417. The van der Waals surface area contributed by atoms with Crippen LogP contribution in [-0.2, 0) is 0 Å². The van der Waals surface area contributed by atoms with Crippen LogP contribution in [0.2, 0.25) is 0 Å². The number of nitrogens with one attached hydrogen (secondary N) is 3. The van der Waals surface area contributed by atoms with E-state index in [1.165, 1.54) is 6.21 Å². The molecule has 1 aliphatic rings. The number of hydrogen-bond acceptors (Lipinski definition) is 8. The zero-order valence-corrected chi connectivity index (χ0v) is 17.7. The lowest BCUT2D eigenvalue weighted by molar-refractivity contribution is 0.126. The van der Waals surface area contributed by atoms with E-state index in [-0.39, 0.29) is 12.0 Å². The molecular formula is C22H26N6OS. The number of aliphatic imine (C=N–C) groups is 1. The van der Waals surface area contributed by atoms with Crippen molar-refractivity contribution in [3.8, 4) is 0 Å². The van der Waals surface area contributed by atoms with E-state index in [1.54, 1.807) is 24.6 Å². The molecule has 8 heteroatoms. The first-order chi connectivity index (χ1) is 14.6. The van der Waals surface area contributed by atoms with Gasteiger partial charge in [-0.05, 0) is 55.5 Å². The van der Waals surface area contributed by atoms with Crippen LogP contribution in [0.15, 0.2) is 41.4 Å². The molecule has 3 aromatic rings. The molecule has 156 valence electrons. The minimum atomic E-state index is -0.160. The van der Waals surface area contributed by atoms with Crippen molar-refractivity contribution in [1.82, 2.24) is 9.97 Å². The first-order valence-electron chi connectivity index (χ1n) is 10.2. The molecule has 1 unspecified atom stereocenters. The number of aliphatic hydroxyl groups excluding tert-OH is 1. The normalized spacial score (nSPS) is 20.3. The number of hydrogen-bond donors (Lipinski definition) is 4. The monoisotopic (exact) mass is 422 g/mol. The van der Waals surface area contributed by atoms with Gasteiger partial charge in [-0.3, -0.25) is 4.99 Å². The average molecular weight is 423 g/mol. The summed E-state index contributed by atoms with van der Waals surface area (Å²) in [6.07, 6.45) is 6.60. The highest BCUT2D eigenvalue weighted by molar-refractivity contribution is 7.22. The summed E-state index contributed by atoms with van der Waals surface area (Å²) >= 11 is 1.56. The molecule has 2 heterocycles. The molecule has 0 saturated heterocycles. The van der Waals surface area contributed by atoms with E-state index in [9.17, 15) is 5.11 Å². The molecule has 4 N–H and O–H groups in total. The number of aliphatic hydroxyl groups is 1. The molecule has 7 nitrogen and oxygen atoms in total. The predicted molar refractivity (Wildman–Crippen MR) is 125 cm³/mol. The Labute approximate surface area is 179 Å². The van der Waals surface area contributed by atoms with E-state index in [2.05, 4.69) is 31.7 Å². The lowest BCUT2D eigenvalue weighted by atomic mass is 9.93. The van der Waals surface area contributed by atoms with Crippen LogP contribution in [0.4, 0.5) is 16.8 Å². The van der Waals surface area contributed by atoms with E-state index >= 15 is 0 Å². The summed E-state index contributed by atoms with van der Waals surface area (Å²) in [5.74, 6) is 1.45. The highest BCUT2D eigenvalue weighted by Crippen LogP contribution is 2.30. The largest absolute Gasteiger partial charge is 0.393 e. The van der Waals surface area contributed by atoms with Gasteiger partial charge in [-0.25, -0.2) is 9.97 Å². The van der Waals surface area contributed by atoms with Crippen molar-refractivity contribution in [2.75, 3.05) is 17.7 Å². The number of rotatable bonds is 7. The summed E-state index contributed by atoms with van der Waals surface area (Å²) in [5, 5.41) is 24.9. The standard InChI is InChI=1S/C22H26N6OS/c1-24-13-15(12-23)14-5-10-18-19(11-14)30-22(26-18)28-21-4-2-3-20(27-21)25-16-6-8-17(29)9-7-16/h2-5,10-13,15-17,23,29H,6-9H2,1H3,(H2,25,26,27,28). The molecule has 0 aliphatic heterocycles. The predicted octanol–water partition coefficient (Wildman–Crippen LogP) is 4.58. The fourth-order valence-corrected chi connectivity index (χ4v) is 4.63. The summed E-state index contributed by atoms with van der Waals surface area (Å²) in [7, 11) is 1.72. The van der Waals surface area contributed by atoms with E-state index < -0.39 is 0 Å². The number of benzene rings is 1. The zero-order chi connectivity index (χ0) is 20.9. The Balaban J connectivity index is 1.48. The Bertz CT molecular complexity index is 1040. The Hall–Kier alpha value is -2.84. The SMILES string of the molecule is CN=CC(C=N)c1ccc2nc(Nc3cccc(NC4CCC(O)CC4)n3)sc2c1. The third-order valence-corrected chi connectivity index (χ3v) is 6.25. The maximum atomic E-state index is 9.67. The third kappa shape index (κ3) is 4.83. The Kier molecular flexibility index (Phi) is 6.35. The molecule has 0 spiro atoms. The molecule has 1 aliphatic carbocycles. The van der Waals surface area contributed by atoms with Gasteiger partial charge in [-0.2, -0.15) is 0 Å². The van der Waals surface area contributed by atoms with Crippen LogP contribution >= 0.6 is 11.3 Å². The lowest BCUT2D eigenvalue weighted by Gasteiger charge is -2.26. The van der Waals surface area contributed by atoms with Crippen LogP contribution in [0.1, 0.15) is 37.2 Å². The van der Waals surface area contributed by atoms with E-state index in [0.717, 1.165) is 58.2 Å². The minimum Gasteiger partial charge on any atom is -0.393 e. The maximum absolute atomic E-state index is 9.67. The van der Waals surface area contributed by atoms with Crippen LogP contribution in [0.25, 0.3) is 10.2 Å². The van der Waals surface area contributed by atoms with Crippen LogP contribution in [0.3, 0.4) is 0 Å². The molecule has 2 aromatic heterocycles. The number of fused-ring (bicyclic) bond motifs is 1. The molecule has 1 atom stereocenters. The van der Waals surface area contributed by atoms with Crippen molar-refractivity contribution in [3.05, 3.63) is 42.0 Å². The van der Waals surface area contributed by atoms with Gasteiger partial charge in [-0.15, -0.1) is 0 Å². The zero-order valence-electron chi connectivity index (χ0n) is 16.9. The average Bonchev–Trinajstić information content (AvgIpc) is 3.15. The molecular weight excluding hydrogens is 396 g/mol. The van der Waals surface area contributed by atoms with Crippen LogP contribution in [0.5, 0.6) is 0 Å². The van der Waals surface area contributed by atoms with Crippen molar-refractivity contribution >= 4 is 50.7 Å². The molecule has 0 amide bonds. The van der Waals surface area contributed by atoms with Gasteiger partial charge in [0.2, 0.25) is 0 Å². The van der Waals surface area contributed by atoms with Crippen molar-refractivity contribution < 1.29 is 5.11 Å². The number of pyridine rings is 1. The van der Waals surface area contributed by atoms with E-state index in [4.69, 9.17) is 5.41 Å². The van der Waals surface area contributed by atoms with Crippen LogP contribution in [0, 0.1) is 5.41 Å². The van der Waals surface area contributed by atoms with E-state index in [1.807, 2.05) is 30.3 Å². The second-order valence-electron chi connectivity index (χ2n) is 7.53. The van der Waals surface area contributed by atoms with Gasteiger partial charge in [0.15, 0.2) is 5.13 Å². The highest BCUT2D eigenvalue weighted by atomic mass is 32.1. The number of aromatic nitrogens is 2. The van der Waals surface area contributed by atoms with Gasteiger partial charge in [0.05, 0.1) is 22.2 Å². The van der Waals surface area contributed by atoms with Crippen molar-refractivity contribution in [2.45, 2.75) is 43.7 Å². The summed E-state index contributed by atoms with van der Waals surface area (Å²) < 4.78 is 1.06. The fourth-order valence-electron chi connectivity index (χ4n) is 3.71. The summed E-state index contributed by atoms with van der Waals surface area (Å²) in [5.41, 5.74) is 1.94. The maximum Gasteiger partial charge on any atom is 0.189 e. The molecule has 1 saturated carbocycles. The fraction of sp³-hybridized carbons (Fsp3) is 0.364. The first-order valence-corrected chi connectivity index (χ1v) is 11.0. The van der Waals surface area contributed by atoms with Gasteiger partial charge >= 0.3 is 0 Å². The smallest absolute Gasteiger partial charge is 0.189 e. The van der Waals surface area contributed by atoms with Gasteiger partial charge in [-0.1, -0.05) is 23.5 Å². The Morgan fingerprint density at radius 3 is 2.73 bits per heavy atom. The number of anilines is 3. The topological polar surface area (TPSA) is 106 Å². The first kappa shape index (κ1) is 20.4. The van der Waals surface area contributed by atoms with Gasteiger partial charge in [0, 0.05) is 25.5 Å². The summed E-state index contributed by atoms with van der Waals surface area (Å²) in [4.78, 5) is 13.4. The highest BCUT2D eigenvalue weighted by Gasteiger charge is 2.19. The van der Waals surface area contributed by atoms with Crippen molar-refractivity contribution in [2.24, 2.45) is 4.99 Å². The van der Waals surface area contributed by atoms with E-state index in [0.29, 0.717) is 6.04 Å². The molecule has 4 rings (SSSR count). The van der Waals surface area contributed by atoms with Crippen molar-refractivity contribution in [3.63, 3.8) is 0 Å². The molecule has 1 aromatic carbocycles. The number of thiazole rings is 1. The molecule has 0 radical (unpaired) electrons. The second-order valence-corrected chi connectivity index (χ2v) is 8.56. The van der Waals surface area contributed by atoms with Gasteiger partial charge < -0.3 is 21.1 Å². The van der Waals surface area contributed by atoms with Gasteiger partial charge in [0.1, 0.15) is 11.6 Å². The minimum absolute atomic E-state index is 0.122. The molecule has 1 fully saturated rings. The Morgan fingerprint density at radius 1 is 1.17 bits per heavy atom. The Morgan fingerprint density at radius 2 is 1.97 bits per heavy atom. The summed E-state index contributed by atoms with van der Waals surface area (Å²) in [6.45, 7) is 0. The summed E-state index contributed by atoms with van der Waals surface area (Å²) in [6, 6.07) is 12.3. The van der Waals surface area contributed by atoms with Crippen LogP contribution < -0.4 is 10.6 Å². The third-order valence-electron chi connectivity index (χ3n) is 5.32. The second kappa shape index (κ2) is 9.32.